The number of carboxylic acid groups (broad SMARTS) is 1. The molecule has 0 radical (unpaired) electrons. The minimum absolute atomic E-state index is 0.0425. The molecule has 1 aromatic carbocycles. The molecule has 7 heteroatoms. The van der Waals surface area contributed by atoms with Crippen LogP contribution < -0.4 is 15.4 Å². The number of rotatable bonds is 5. The van der Waals surface area contributed by atoms with E-state index < -0.39 is 18.0 Å². The van der Waals surface area contributed by atoms with Crippen molar-refractivity contribution < 1.29 is 19.4 Å². The van der Waals surface area contributed by atoms with E-state index >= 15 is 0 Å². The van der Waals surface area contributed by atoms with Crippen LogP contribution in [0.15, 0.2) is 22.7 Å². The van der Waals surface area contributed by atoms with Crippen molar-refractivity contribution in [2.45, 2.75) is 18.9 Å². The number of carboxylic acids is 1. The third-order valence-corrected chi connectivity index (χ3v) is 3.68. The zero-order valence-corrected chi connectivity index (χ0v) is 12.4. The SMILES string of the molecule is COc1ccc(NC(=O)NC(C(=O)O)C2CC2)cc1Br. The van der Waals surface area contributed by atoms with Gasteiger partial charge in [-0.25, -0.2) is 9.59 Å². The highest BCUT2D eigenvalue weighted by Gasteiger charge is 2.37. The van der Waals surface area contributed by atoms with Gasteiger partial charge in [0, 0.05) is 5.69 Å². The number of halogens is 1. The maximum atomic E-state index is 11.8. The minimum Gasteiger partial charge on any atom is -0.496 e. The van der Waals surface area contributed by atoms with E-state index in [1.165, 1.54) is 0 Å². The summed E-state index contributed by atoms with van der Waals surface area (Å²) in [7, 11) is 1.55. The number of anilines is 1. The van der Waals surface area contributed by atoms with Crippen LogP contribution in [0.2, 0.25) is 0 Å². The van der Waals surface area contributed by atoms with Gasteiger partial charge in [0.05, 0.1) is 11.6 Å². The quantitative estimate of drug-likeness (QED) is 0.766. The van der Waals surface area contributed by atoms with Gasteiger partial charge in [0.2, 0.25) is 0 Å². The second-order valence-corrected chi connectivity index (χ2v) is 5.46. The lowest BCUT2D eigenvalue weighted by Gasteiger charge is -2.14. The summed E-state index contributed by atoms with van der Waals surface area (Å²) in [6.07, 6.45) is 1.68. The molecule has 0 aliphatic heterocycles. The Bertz CT molecular complexity index is 531. The van der Waals surface area contributed by atoms with E-state index in [9.17, 15) is 9.59 Å². The van der Waals surface area contributed by atoms with Gasteiger partial charge in [0.1, 0.15) is 11.8 Å². The first kappa shape index (κ1) is 14.6. The number of hydrogen-bond donors (Lipinski definition) is 3. The summed E-state index contributed by atoms with van der Waals surface area (Å²) >= 11 is 3.31. The van der Waals surface area contributed by atoms with E-state index in [2.05, 4.69) is 26.6 Å². The minimum atomic E-state index is -1.00. The smallest absolute Gasteiger partial charge is 0.326 e. The van der Waals surface area contributed by atoms with Crippen molar-refractivity contribution in [1.82, 2.24) is 5.32 Å². The summed E-state index contributed by atoms with van der Waals surface area (Å²) in [6.45, 7) is 0. The van der Waals surface area contributed by atoms with Crippen molar-refractivity contribution in [1.29, 1.82) is 0 Å². The summed E-state index contributed by atoms with van der Waals surface area (Å²) in [5.74, 6) is -0.309. The average Bonchev–Trinajstić information content (AvgIpc) is 3.20. The molecule has 6 nitrogen and oxygen atoms in total. The Kier molecular flexibility index (Phi) is 4.49. The van der Waals surface area contributed by atoms with Gasteiger partial charge in [-0.15, -0.1) is 0 Å². The van der Waals surface area contributed by atoms with E-state index in [1.807, 2.05) is 0 Å². The summed E-state index contributed by atoms with van der Waals surface area (Å²) in [5.41, 5.74) is 0.551. The third kappa shape index (κ3) is 3.63. The number of ether oxygens (including phenoxy) is 1. The van der Waals surface area contributed by atoms with Crippen LogP contribution in [-0.2, 0) is 4.79 Å². The van der Waals surface area contributed by atoms with Crippen LogP contribution in [0.5, 0.6) is 5.75 Å². The first-order valence-corrected chi connectivity index (χ1v) is 6.94. The molecule has 1 fully saturated rings. The summed E-state index contributed by atoms with van der Waals surface area (Å²) in [4.78, 5) is 22.8. The molecule has 2 amide bonds. The van der Waals surface area contributed by atoms with Crippen LogP contribution in [0.4, 0.5) is 10.5 Å². The highest BCUT2D eigenvalue weighted by atomic mass is 79.9. The van der Waals surface area contributed by atoms with Crippen molar-refractivity contribution in [3.05, 3.63) is 22.7 Å². The Balaban J connectivity index is 1.97. The van der Waals surface area contributed by atoms with Gasteiger partial charge in [0.15, 0.2) is 0 Å². The Hall–Kier alpha value is -1.76. The van der Waals surface area contributed by atoms with Crippen molar-refractivity contribution in [2.24, 2.45) is 5.92 Å². The lowest BCUT2D eigenvalue weighted by atomic mass is 10.2. The van der Waals surface area contributed by atoms with Gasteiger partial charge in [-0.2, -0.15) is 0 Å². The first-order valence-electron chi connectivity index (χ1n) is 6.15. The number of amides is 2. The fourth-order valence-electron chi connectivity index (χ4n) is 1.86. The Labute approximate surface area is 124 Å². The molecule has 1 saturated carbocycles. The molecule has 1 unspecified atom stereocenters. The Morgan fingerprint density at radius 3 is 2.65 bits per heavy atom. The van der Waals surface area contributed by atoms with Crippen molar-refractivity contribution >= 4 is 33.6 Å². The lowest BCUT2D eigenvalue weighted by Crippen LogP contribution is -2.44. The maximum absolute atomic E-state index is 11.8. The normalized spacial score (nSPS) is 15.3. The average molecular weight is 343 g/mol. The number of urea groups is 1. The van der Waals surface area contributed by atoms with Crippen LogP contribution in [0.1, 0.15) is 12.8 Å². The van der Waals surface area contributed by atoms with Gasteiger partial charge in [-0.3, -0.25) is 0 Å². The molecular formula is C13H15BrN2O4. The molecule has 1 aliphatic carbocycles. The van der Waals surface area contributed by atoms with Crippen molar-refractivity contribution in [3.63, 3.8) is 0 Å². The highest BCUT2D eigenvalue weighted by Crippen LogP contribution is 2.33. The molecule has 2 rings (SSSR count). The summed E-state index contributed by atoms with van der Waals surface area (Å²) in [5, 5.41) is 14.1. The van der Waals surface area contributed by atoms with E-state index in [0.717, 1.165) is 12.8 Å². The molecule has 0 saturated heterocycles. The molecule has 3 N–H and O–H groups in total. The number of benzene rings is 1. The maximum Gasteiger partial charge on any atom is 0.326 e. The molecule has 0 spiro atoms. The predicted octanol–water partition coefficient (Wildman–Crippen LogP) is 2.44. The fourth-order valence-corrected chi connectivity index (χ4v) is 2.40. The topological polar surface area (TPSA) is 87.7 Å². The van der Waals surface area contributed by atoms with Crippen LogP contribution in [-0.4, -0.2) is 30.3 Å². The van der Waals surface area contributed by atoms with Crippen molar-refractivity contribution in [2.75, 3.05) is 12.4 Å². The van der Waals surface area contributed by atoms with Gasteiger partial charge in [0.25, 0.3) is 0 Å². The fraction of sp³-hybridized carbons (Fsp3) is 0.385. The van der Waals surface area contributed by atoms with Gasteiger partial charge >= 0.3 is 12.0 Å². The van der Waals surface area contributed by atoms with Gasteiger partial charge < -0.3 is 20.5 Å². The van der Waals surface area contributed by atoms with E-state index in [1.54, 1.807) is 25.3 Å². The number of nitrogens with one attached hydrogen (secondary N) is 2. The molecule has 0 aromatic heterocycles. The third-order valence-electron chi connectivity index (χ3n) is 3.06. The first-order chi connectivity index (χ1) is 9.51. The molecule has 20 heavy (non-hydrogen) atoms. The standard InChI is InChI=1S/C13H15BrN2O4/c1-20-10-5-4-8(6-9(10)14)15-13(19)16-11(12(17)18)7-2-3-7/h4-7,11H,2-3H2,1H3,(H,17,18)(H2,15,16,19). The lowest BCUT2D eigenvalue weighted by molar-refractivity contribution is -0.139. The number of carbonyl (C=O) groups is 2. The van der Waals surface area contributed by atoms with Crippen molar-refractivity contribution in [3.8, 4) is 5.75 Å². The molecule has 0 bridgehead atoms. The van der Waals surface area contributed by atoms with E-state index in [4.69, 9.17) is 9.84 Å². The van der Waals surface area contributed by atoms with Crippen LogP contribution >= 0.6 is 15.9 Å². The highest BCUT2D eigenvalue weighted by molar-refractivity contribution is 9.10. The number of methoxy groups -OCH3 is 1. The summed E-state index contributed by atoms with van der Waals surface area (Å²) < 4.78 is 5.79. The monoisotopic (exact) mass is 342 g/mol. The summed E-state index contributed by atoms with van der Waals surface area (Å²) in [6, 6.07) is 3.72. The second-order valence-electron chi connectivity index (χ2n) is 4.60. The molecule has 1 aliphatic rings. The molecule has 1 aromatic rings. The van der Waals surface area contributed by atoms with Crippen LogP contribution in [0, 0.1) is 5.92 Å². The van der Waals surface area contributed by atoms with E-state index in [0.29, 0.717) is 15.9 Å². The van der Waals surface area contributed by atoms with E-state index in [-0.39, 0.29) is 5.92 Å². The second kappa shape index (κ2) is 6.13. The Morgan fingerprint density at radius 2 is 2.15 bits per heavy atom. The molecular weight excluding hydrogens is 328 g/mol. The number of carbonyl (C=O) groups excluding carboxylic acids is 1. The number of aliphatic carboxylic acids is 1. The zero-order chi connectivity index (χ0) is 14.7. The largest absolute Gasteiger partial charge is 0.496 e. The zero-order valence-electron chi connectivity index (χ0n) is 10.9. The van der Waals surface area contributed by atoms with Crippen LogP contribution in [0.3, 0.4) is 0 Å². The Morgan fingerprint density at radius 1 is 1.45 bits per heavy atom. The molecule has 1 atom stereocenters. The van der Waals surface area contributed by atoms with Gasteiger partial charge in [-0.05, 0) is 52.9 Å². The van der Waals surface area contributed by atoms with Crippen LogP contribution in [0.25, 0.3) is 0 Å². The number of hydrogen-bond acceptors (Lipinski definition) is 3. The van der Waals surface area contributed by atoms with Gasteiger partial charge in [-0.1, -0.05) is 0 Å². The molecule has 108 valence electrons. The predicted molar refractivity (Wildman–Crippen MR) is 77.0 cm³/mol. The molecule has 0 heterocycles.